The van der Waals surface area contributed by atoms with Gasteiger partial charge in [0.25, 0.3) is 0 Å². The van der Waals surface area contributed by atoms with Crippen LogP contribution in [0, 0.1) is 0 Å². The molecule has 2 aliphatic heterocycles. The van der Waals surface area contributed by atoms with Crippen molar-refractivity contribution in [3.8, 4) is 0 Å². The highest BCUT2D eigenvalue weighted by molar-refractivity contribution is 6.36. The van der Waals surface area contributed by atoms with E-state index in [1.807, 2.05) is 0 Å². The average molecular weight is 268 g/mol. The minimum Gasteiger partial charge on any atom is -0.461 e. The molecule has 0 saturated carbocycles. The van der Waals surface area contributed by atoms with Crippen LogP contribution in [0.15, 0.2) is 5.16 Å². The summed E-state index contributed by atoms with van der Waals surface area (Å²) in [4.78, 5) is 28.2. The zero-order valence-corrected chi connectivity index (χ0v) is 11.2. The van der Waals surface area contributed by atoms with Crippen molar-refractivity contribution in [1.29, 1.82) is 0 Å². The van der Waals surface area contributed by atoms with E-state index in [9.17, 15) is 9.59 Å². The van der Waals surface area contributed by atoms with Crippen LogP contribution in [-0.4, -0.2) is 36.3 Å². The lowest BCUT2D eigenvalue weighted by molar-refractivity contribution is -0.135. The average Bonchev–Trinajstić information content (AvgIpc) is 2.73. The fourth-order valence-corrected chi connectivity index (χ4v) is 2.43. The van der Waals surface area contributed by atoms with E-state index < -0.39 is 5.97 Å². The second-order valence-corrected chi connectivity index (χ2v) is 4.94. The number of nitrogens with one attached hydrogen (secondary N) is 1. The van der Waals surface area contributed by atoms with Gasteiger partial charge >= 0.3 is 5.97 Å². The maximum atomic E-state index is 11.5. The van der Waals surface area contributed by atoms with Crippen LogP contribution in [0.2, 0.25) is 0 Å². The summed E-state index contributed by atoms with van der Waals surface area (Å²) in [5, 5.41) is 6.76. The molecule has 0 bridgehead atoms. The Kier molecular flexibility index (Phi) is 4.76. The molecule has 2 heterocycles. The number of carbonyl (C=O) groups is 2. The summed E-state index contributed by atoms with van der Waals surface area (Å²) in [5.74, 6) is -0.304. The van der Waals surface area contributed by atoms with Gasteiger partial charge in [0.15, 0.2) is 5.71 Å². The number of ether oxygens (including phenoxy) is 1. The van der Waals surface area contributed by atoms with Crippen molar-refractivity contribution in [2.24, 2.45) is 5.16 Å². The third kappa shape index (κ3) is 3.94. The Hall–Kier alpha value is -1.59. The van der Waals surface area contributed by atoms with E-state index >= 15 is 0 Å². The van der Waals surface area contributed by atoms with E-state index in [-0.39, 0.29) is 18.1 Å². The van der Waals surface area contributed by atoms with Gasteiger partial charge in [0, 0.05) is 25.3 Å². The van der Waals surface area contributed by atoms with Gasteiger partial charge < -0.3 is 14.9 Å². The Morgan fingerprint density at radius 1 is 1.53 bits per heavy atom. The Morgan fingerprint density at radius 2 is 2.37 bits per heavy atom. The smallest absolute Gasteiger partial charge is 0.356 e. The molecule has 0 radical (unpaired) electrons. The summed E-state index contributed by atoms with van der Waals surface area (Å²) in [6.45, 7) is 2.09. The molecule has 2 aliphatic rings. The maximum absolute atomic E-state index is 11.5. The zero-order valence-electron chi connectivity index (χ0n) is 11.2. The predicted octanol–water partition coefficient (Wildman–Crippen LogP) is 1.14. The number of nitrogens with zero attached hydrogens (tertiary/aromatic N) is 1. The molecule has 6 nitrogen and oxygen atoms in total. The molecule has 0 spiro atoms. The molecule has 1 saturated heterocycles. The molecule has 2 unspecified atom stereocenters. The molecule has 1 amide bonds. The number of carbonyl (C=O) groups excluding carboxylic acids is 2. The van der Waals surface area contributed by atoms with Gasteiger partial charge in [-0.15, -0.1) is 0 Å². The zero-order chi connectivity index (χ0) is 13.7. The number of amides is 1. The van der Waals surface area contributed by atoms with Crippen LogP contribution in [-0.2, 0) is 19.2 Å². The van der Waals surface area contributed by atoms with Crippen LogP contribution in [0.5, 0.6) is 0 Å². The van der Waals surface area contributed by atoms with E-state index in [1.54, 1.807) is 6.92 Å². The van der Waals surface area contributed by atoms with Crippen LogP contribution in [0.3, 0.4) is 0 Å². The highest BCUT2D eigenvalue weighted by atomic mass is 16.6. The van der Waals surface area contributed by atoms with Gasteiger partial charge in [-0.05, 0) is 19.8 Å². The van der Waals surface area contributed by atoms with Crippen LogP contribution in [0.1, 0.15) is 45.4 Å². The van der Waals surface area contributed by atoms with E-state index in [4.69, 9.17) is 9.57 Å². The first kappa shape index (κ1) is 13.8. The summed E-state index contributed by atoms with van der Waals surface area (Å²) in [6, 6.07) is 0.122. The minimum atomic E-state index is -0.407. The van der Waals surface area contributed by atoms with Crippen molar-refractivity contribution in [3.63, 3.8) is 0 Å². The number of hydrogen-bond acceptors (Lipinski definition) is 5. The first-order valence-electron chi connectivity index (χ1n) is 6.88. The molecular formula is C13H20N2O4. The molecule has 0 aromatic carbocycles. The van der Waals surface area contributed by atoms with E-state index in [1.165, 1.54) is 0 Å². The molecule has 106 valence electrons. The van der Waals surface area contributed by atoms with Gasteiger partial charge in [-0.2, -0.15) is 0 Å². The largest absolute Gasteiger partial charge is 0.461 e. The summed E-state index contributed by atoms with van der Waals surface area (Å²) in [6.07, 6.45) is 4.57. The van der Waals surface area contributed by atoms with Gasteiger partial charge in [0.05, 0.1) is 6.61 Å². The van der Waals surface area contributed by atoms with Crippen LogP contribution in [0.4, 0.5) is 0 Å². The SMILES string of the molecule is CCOC(=O)C1=NOC(CC2CCCCC(=O)N2)C1. The molecule has 2 atom stereocenters. The predicted molar refractivity (Wildman–Crippen MR) is 68.6 cm³/mol. The quantitative estimate of drug-likeness (QED) is 0.776. The van der Waals surface area contributed by atoms with Gasteiger partial charge in [-0.25, -0.2) is 4.79 Å². The standard InChI is InChI=1S/C13H20N2O4/c1-2-18-13(17)11-8-10(19-15-11)7-9-5-3-4-6-12(16)14-9/h9-10H,2-8H2,1H3,(H,14,16). The third-order valence-electron chi connectivity index (χ3n) is 3.36. The second-order valence-electron chi connectivity index (χ2n) is 4.94. The number of rotatable bonds is 4. The van der Waals surface area contributed by atoms with Gasteiger partial charge in [-0.1, -0.05) is 11.6 Å². The van der Waals surface area contributed by atoms with Crippen molar-refractivity contribution in [3.05, 3.63) is 0 Å². The Balaban J connectivity index is 1.79. The van der Waals surface area contributed by atoms with Crippen molar-refractivity contribution >= 4 is 17.6 Å². The Morgan fingerprint density at radius 3 is 3.16 bits per heavy atom. The monoisotopic (exact) mass is 268 g/mol. The molecule has 1 fully saturated rings. The van der Waals surface area contributed by atoms with E-state index in [0.29, 0.717) is 31.6 Å². The summed E-state index contributed by atoms with van der Waals surface area (Å²) >= 11 is 0. The van der Waals surface area contributed by atoms with E-state index in [0.717, 1.165) is 19.3 Å². The maximum Gasteiger partial charge on any atom is 0.356 e. The van der Waals surface area contributed by atoms with Crippen LogP contribution in [0.25, 0.3) is 0 Å². The summed E-state index contributed by atoms with van der Waals surface area (Å²) in [7, 11) is 0. The topological polar surface area (TPSA) is 77.0 Å². The first-order valence-corrected chi connectivity index (χ1v) is 6.88. The third-order valence-corrected chi connectivity index (χ3v) is 3.36. The molecular weight excluding hydrogens is 248 g/mol. The van der Waals surface area contributed by atoms with E-state index in [2.05, 4.69) is 10.5 Å². The van der Waals surface area contributed by atoms with Crippen molar-refractivity contribution in [1.82, 2.24) is 5.32 Å². The van der Waals surface area contributed by atoms with Crippen molar-refractivity contribution in [2.45, 2.75) is 57.6 Å². The molecule has 2 rings (SSSR count). The normalized spacial score (nSPS) is 27.0. The number of hydrogen-bond donors (Lipinski definition) is 1. The molecule has 6 heteroatoms. The van der Waals surface area contributed by atoms with Crippen LogP contribution < -0.4 is 5.32 Å². The van der Waals surface area contributed by atoms with Gasteiger partial charge in [-0.3, -0.25) is 4.79 Å². The fraction of sp³-hybridized carbons (Fsp3) is 0.769. The first-order chi connectivity index (χ1) is 9.19. The van der Waals surface area contributed by atoms with Crippen molar-refractivity contribution < 1.29 is 19.2 Å². The van der Waals surface area contributed by atoms with Crippen LogP contribution >= 0.6 is 0 Å². The highest BCUT2D eigenvalue weighted by Gasteiger charge is 2.30. The lowest BCUT2D eigenvalue weighted by atomic mass is 10.0. The summed E-state index contributed by atoms with van der Waals surface area (Å²) in [5.41, 5.74) is 0.340. The van der Waals surface area contributed by atoms with Gasteiger partial charge in [0.1, 0.15) is 6.10 Å². The molecule has 1 N–H and O–H groups in total. The number of oxime groups is 1. The van der Waals surface area contributed by atoms with Crippen molar-refractivity contribution in [2.75, 3.05) is 6.61 Å². The molecule has 19 heavy (non-hydrogen) atoms. The molecule has 0 aliphatic carbocycles. The lowest BCUT2D eigenvalue weighted by Gasteiger charge is -2.18. The summed E-state index contributed by atoms with van der Waals surface area (Å²) < 4.78 is 4.88. The molecule has 0 aromatic heterocycles. The fourth-order valence-electron chi connectivity index (χ4n) is 2.43. The highest BCUT2D eigenvalue weighted by Crippen LogP contribution is 2.20. The Bertz CT molecular complexity index is 381. The van der Waals surface area contributed by atoms with Gasteiger partial charge in [0.2, 0.25) is 5.91 Å². The molecule has 0 aromatic rings. The Labute approximate surface area is 112 Å². The number of esters is 1. The second kappa shape index (κ2) is 6.54. The minimum absolute atomic E-state index is 0.104. The lowest BCUT2D eigenvalue weighted by Crippen LogP contribution is -2.35.